The van der Waals surface area contributed by atoms with Crippen LogP contribution >= 0.6 is 0 Å². The summed E-state index contributed by atoms with van der Waals surface area (Å²) in [6.07, 6.45) is 1.36. The van der Waals surface area contributed by atoms with Crippen molar-refractivity contribution in [1.29, 1.82) is 0 Å². The van der Waals surface area contributed by atoms with Crippen LogP contribution < -0.4 is 10.2 Å². The topological polar surface area (TPSA) is 126 Å². The van der Waals surface area contributed by atoms with E-state index in [9.17, 15) is 14.7 Å². The number of piperidine rings is 1. The first kappa shape index (κ1) is 17.8. The zero-order valence-corrected chi connectivity index (χ0v) is 15.2. The molecule has 0 atom stereocenters. The highest BCUT2D eigenvalue weighted by atomic mass is 16.4. The van der Waals surface area contributed by atoms with Crippen LogP contribution in [0.15, 0.2) is 30.3 Å². The van der Waals surface area contributed by atoms with Crippen LogP contribution in [0.4, 0.5) is 11.5 Å². The minimum atomic E-state index is -1.01. The van der Waals surface area contributed by atoms with Gasteiger partial charge in [-0.05, 0) is 60.0 Å². The number of carbonyl (C=O) groups excluding carboxylic acids is 1. The van der Waals surface area contributed by atoms with Gasteiger partial charge in [-0.1, -0.05) is 6.07 Å². The molecule has 28 heavy (non-hydrogen) atoms. The summed E-state index contributed by atoms with van der Waals surface area (Å²) in [5, 5.41) is 27.7. The maximum Gasteiger partial charge on any atom is 0.336 e. The number of aromatic carboxylic acids is 1. The number of carbonyl (C=O) groups is 2. The third kappa shape index (κ3) is 3.48. The lowest BCUT2D eigenvalue weighted by Gasteiger charge is -2.31. The number of carboxylic acids is 1. The molecule has 0 radical (unpaired) electrons. The lowest BCUT2D eigenvalue weighted by atomic mass is 9.95. The van der Waals surface area contributed by atoms with Gasteiger partial charge in [-0.15, -0.1) is 14.8 Å². The van der Waals surface area contributed by atoms with Crippen molar-refractivity contribution in [2.24, 2.45) is 5.92 Å². The molecule has 1 fully saturated rings. The summed E-state index contributed by atoms with van der Waals surface area (Å²) < 4.78 is 1.38. The van der Waals surface area contributed by atoms with E-state index in [0.717, 1.165) is 5.82 Å². The summed E-state index contributed by atoms with van der Waals surface area (Å²) in [4.78, 5) is 25.9. The Labute approximate surface area is 160 Å². The number of benzene rings is 1. The van der Waals surface area contributed by atoms with Crippen LogP contribution in [-0.4, -0.2) is 55.3 Å². The fourth-order valence-corrected chi connectivity index (χ4v) is 3.35. The van der Waals surface area contributed by atoms with Gasteiger partial charge in [0.1, 0.15) is 0 Å². The first-order valence-corrected chi connectivity index (χ1v) is 8.96. The highest BCUT2D eigenvalue weighted by Crippen LogP contribution is 2.24. The van der Waals surface area contributed by atoms with E-state index in [1.54, 1.807) is 25.1 Å². The van der Waals surface area contributed by atoms with Crippen LogP contribution in [0, 0.1) is 12.8 Å². The van der Waals surface area contributed by atoms with Gasteiger partial charge in [0.05, 0.1) is 5.56 Å². The molecule has 0 bridgehead atoms. The molecule has 1 aromatic carbocycles. The van der Waals surface area contributed by atoms with Crippen LogP contribution in [0.2, 0.25) is 0 Å². The quantitative estimate of drug-likeness (QED) is 0.694. The summed E-state index contributed by atoms with van der Waals surface area (Å²) in [6, 6.07) is 8.59. The van der Waals surface area contributed by atoms with Gasteiger partial charge in [0, 0.05) is 24.7 Å². The number of hydrogen-bond donors (Lipinski definition) is 2. The molecule has 10 nitrogen and oxygen atoms in total. The number of fused-ring (bicyclic) bond motifs is 1. The smallest absolute Gasteiger partial charge is 0.336 e. The zero-order valence-electron chi connectivity index (χ0n) is 15.2. The molecule has 0 unspecified atom stereocenters. The third-order valence-corrected chi connectivity index (χ3v) is 4.98. The Bertz CT molecular complexity index is 1040. The Morgan fingerprint density at radius 1 is 1.18 bits per heavy atom. The van der Waals surface area contributed by atoms with Gasteiger partial charge in [-0.25, -0.2) is 4.79 Å². The summed E-state index contributed by atoms with van der Waals surface area (Å²) in [7, 11) is 0. The fourth-order valence-electron chi connectivity index (χ4n) is 3.35. The standard InChI is InChI=1S/C18H19N7O3/c1-11-2-3-13(10-14(11)18(27)28)19-17(26)12-6-8-24(9-7-12)16-5-4-15-20-22-23-25(15)21-16/h2-5,10,12H,6-9H2,1H3,(H,19,26)(H,27,28). The Kier molecular flexibility index (Phi) is 4.60. The third-order valence-electron chi connectivity index (χ3n) is 4.98. The highest BCUT2D eigenvalue weighted by Gasteiger charge is 2.26. The van der Waals surface area contributed by atoms with Gasteiger partial charge in [-0.3, -0.25) is 4.79 Å². The molecule has 1 saturated heterocycles. The summed E-state index contributed by atoms with van der Waals surface area (Å²) >= 11 is 0. The van der Waals surface area contributed by atoms with Crippen molar-refractivity contribution in [2.45, 2.75) is 19.8 Å². The second-order valence-electron chi connectivity index (χ2n) is 6.80. The van der Waals surface area contributed by atoms with Crippen molar-refractivity contribution in [3.05, 3.63) is 41.5 Å². The van der Waals surface area contributed by atoms with Crippen molar-refractivity contribution in [1.82, 2.24) is 25.3 Å². The molecule has 144 valence electrons. The first-order chi connectivity index (χ1) is 13.5. The number of aromatic nitrogens is 5. The van der Waals surface area contributed by atoms with Crippen molar-refractivity contribution >= 4 is 29.0 Å². The maximum atomic E-state index is 12.6. The van der Waals surface area contributed by atoms with E-state index in [1.165, 1.54) is 10.7 Å². The van der Waals surface area contributed by atoms with Gasteiger partial charge in [-0.2, -0.15) is 0 Å². The molecule has 2 aromatic heterocycles. The molecule has 2 N–H and O–H groups in total. The second-order valence-corrected chi connectivity index (χ2v) is 6.80. The van der Waals surface area contributed by atoms with Gasteiger partial charge in [0.15, 0.2) is 11.5 Å². The first-order valence-electron chi connectivity index (χ1n) is 8.96. The van der Waals surface area contributed by atoms with Crippen molar-refractivity contribution < 1.29 is 14.7 Å². The van der Waals surface area contributed by atoms with Gasteiger partial charge in [0.25, 0.3) is 0 Å². The minimum absolute atomic E-state index is 0.0938. The Morgan fingerprint density at radius 3 is 2.71 bits per heavy atom. The van der Waals surface area contributed by atoms with Crippen LogP contribution in [0.3, 0.4) is 0 Å². The maximum absolute atomic E-state index is 12.6. The lowest BCUT2D eigenvalue weighted by molar-refractivity contribution is -0.120. The van der Waals surface area contributed by atoms with E-state index in [0.29, 0.717) is 42.8 Å². The van der Waals surface area contributed by atoms with Crippen molar-refractivity contribution in [2.75, 3.05) is 23.3 Å². The number of rotatable bonds is 4. The number of carboxylic acid groups (broad SMARTS) is 1. The highest BCUT2D eigenvalue weighted by molar-refractivity contribution is 5.95. The Balaban J connectivity index is 1.38. The average molecular weight is 381 g/mol. The molecule has 1 aliphatic rings. The van der Waals surface area contributed by atoms with Gasteiger partial charge >= 0.3 is 5.97 Å². The number of nitrogens with zero attached hydrogens (tertiary/aromatic N) is 6. The number of anilines is 2. The van der Waals surface area contributed by atoms with Crippen molar-refractivity contribution in [3.8, 4) is 0 Å². The molecule has 3 aromatic rings. The number of tetrazole rings is 1. The van der Waals surface area contributed by atoms with Crippen molar-refractivity contribution in [3.63, 3.8) is 0 Å². The van der Waals surface area contributed by atoms with E-state index in [4.69, 9.17) is 0 Å². The van der Waals surface area contributed by atoms with Crippen LogP contribution in [0.25, 0.3) is 5.65 Å². The Hall–Kier alpha value is -3.56. The molecule has 10 heteroatoms. The van der Waals surface area contributed by atoms with E-state index in [2.05, 4.69) is 30.8 Å². The predicted octanol–water partition coefficient (Wildman–Crippen LogP) is 1.38. The normalized spacial score (nSPS) is 15.0. The van der Waals surface area contributed by atoms with E-state index in [-0.39, 0.29) is 17.4 Å². The molecule has 0 aliphatic carbocycles. The number of aryl methyl sites for hydroxylation is 1. The average Bonchev–Trinajstić information content (AvgIpc) is 3.17. The van der Waals surface area contributed by atoms with Crippen LogP contribution in [0.5, 0.6) is 0 Å². The number of amides is 1. The zero-order chi connectivity index (χ0) is 19.7. The minimum Gasteiger partial charge on any atom is -0.478 e. The fraction of sp³-hybridized carbons (Fsp3) is 0.333. The molecule has 3 heterocycles. The summed E-state index contributed by atoms with van der Waals surface area (Å²) in [6.45, 7) is 3.10. The predicted molar refractivity (Wildman–Crippen MR) is 100 cm³/mol. The molecule has 4 rings (SSSR count). The summed E-state index contributed by atoms with van der Waals surface area (Å²) in [5.74, 6) is -0.469. The molecular formula is C18H19N7O3. The second kappa shape index (κ2) is 7.22. The molecule has 1 amide bonds. The SMILES string of the molecule is Cc1ccc(NC(=O)C2CCN(c3ccc4nnnn4n3)CC2)cc1C(=O)O. The number of nitrogens with one attached hydrogen (secondary N) is 1. The Morgan fingerprint density at radius 2 is 1.96 bits per heavy atom. The largest absolute Gasteiger partial charge is 0.478 e. The molecular weight excluding hydrogens is 362 g/mol. The van der Waals surface area contributed by atoms with Crippen LogP contribution in [0.1, 0.15) is 28.8 Å². The number of hydrogen-bond acceptors (Lipinski definition) is 7. The van der Waals surface area contributed by atoms with E-state index in [1.807, 2.05) is 6.07 Å². The lowest BCUT2D eigenvalue weighted by Crippen LogP contribution is -2.38. The molecule has 1 aliphatic heterocycles. The van der Waals surface area contributed by atoms with E-state index >= 15 is 0 Å². The monoisotopic (exact) mass is 381 g/mol. The van der Waals surface area contributed by atoms with Gasteiger partial charge in [0.2, 0.25) is 5.91 Å². The molecule has 0 spiro atoms. The van der Waals surface area contributed by atoms with E-state index < -0.39 is 5.97 Å². The van der Waals surface area contributed by atoms with Gasteiger partial charge < -0.3 is 15.3 Å². The molecule has 0 saturated carbocycles. The van der Waals surface area contributed by atoms with Crippen LogP contribution in [-0.2, 0) is 4.79 Å². The summed E-state index contributed by atoms with van der Waals surface area (Å²) in [5.41, 5.74) is 1.93.